The van der Waals surface area contributed by atoms with Gasteiger partial charge in [-0.05, 0) is 18.1 Å². The van der Waals surface area contributed by atoms with Crippen molar-refractivity contribution < 1.29 is 0 Å². The van der Waals surface area contributed by atoms with Crippen molar-refractivity contribution in [3.05, 3.63) is 42.1 Å². The van der Waals surface area contributed by atoms with Crippen LogP contribution < -0.4 is 5.32 Å². The molecule has 3 aromatic heterocycles. The number of imidazole rings is 1. The minimum Gasteiger partial charge on any atom is -0.339 e. The molecule has 0 aromatic carbocycles. The molecule has 0 fully saturated rings. The Hall–Kier alpha value is -2.94. The van der Waals surface area contributed by atoms with Crippen molar-refractivity contribution in [3.8, 4) is 6.07 Å². The molecule has 0 spiro atoms. The molecule has 1 N–H and O–H groups in total. The summed E-state index contributed by atoms with van der Waals surface area (Å²) in [7, 11) is 1.94. The van der Waals surface area contributed by atoms with E-state index in [1.54, 1.807) is 24.8 Å². The van der Waals surface area contributed by atoms with Crippen LogP contribution in [0.1, 0.15) is 18.2 Å². The molecule has 104 valence electrons. The normalized spacial score (nSPS) is 10.5. The standard InChI is InChI=1S/C15H14N6/c1-3-10-4-11(6-16)17-7-12(10)20-15-5-14-13(8-18-15)19-9-21(14)2/h4-5,7-9H,3H2,1-2H3,(H,18,20). The van der Waals surface area contributed by atoms with Crippen LogP contribution in [0.25, 0.3) is 11.0 Å². The van der Waals surface area contributed by atoms with Crippen LogP contribution in [0, 0.1) is 11.3 Å². The van der Waals surface area contributed by atoms with Crippen LogP contribution in [0.3, 0.4) is 0 Å². The minimum atomic E-state index is 0.424. The van der Waals surface area contributed by atoms with E-state index >= 15 is 0 Å². The first-order chi connectivity index (χ1) is 10.2. The molecule has 0 aliphatic carbocycles. The summed E-state index contributed by atoms with van der Waals surface area (Å²) in [5, 5.41) is 12.2. The smallest absolute Gasteiger partial charge is 0.140 e. The number of aromatic nitrogens is 4. The maximum Gasteiger partial charge on any atom is 0.140 e. The van der Waals surface area contributed by atoms with Gasteiger partial charge in [-0.25, -0.2) is 15.0 Å². The van der Waals surface area contributed by atoms with Crippen LogP contribution in [0.4, 0.5) is 11.5 Å². The number of nitrogens with one attached hydrogen (secondary N) is 1. The molecule has 0 atom stereocenters. The Labute approximate surface area is 122 Å². The molecule has 3 rings (SSSR count). The summed E-state index contributed by atoms with van der Waals surface area (Å²) in [5.41, 5.74) is 4.19. The monoisotopic (exact) mass is 278 g/mol. The van der Waals surface area contributed by atoms with Crippen LogP contribution in [0.5, 0.6) is 0 Å². The van der Waals surface area contributed by atoms with Crippen molar-refractivity contribution in [2.45, 2.75) is 13.3 Å². The summed E-state index contributed by atoms with van der Waals surface area (Å²) < 4.78 is 1.94. The summed E-state index contributed by atoms with van der Waals surface area (Å²) in [5.74, 6) is 0.729. The van der Waals surface area contributed by atoms with Crippen molar-refractivity contribution in [1.29, 1.82) is 5.26 Å². The Kier molecular flexibility index (Phi) is 3.24. The Balaban J connectivity index is 1.98. The second-order valence-electron chi connectivity index (χ2n) is 4.73. The largest absolute Gasteiger partial charge is 0.339 e. The fourth-order valence-corrected chi connectivity index (χ4v) is 2.20. The molecule has 0 amide bonds. The van der Waals surface area contributed by atoms with Gasteiger partial charge in [-0.2, -0.15) is 5.26 Å². The van der Waals surface area contributed by atoms with Gasteiger partial charge in [-0.1, -0.05) is 6.92 Å². The van der Waals surface area contributed by atoms with Crippen LogP contribution in [-0.2, 0) is 13.5 Å². The van der Waals surface area contributed by atoms with Gasteiger partial charge in [-0.15, -0.1) is 0 Å². The molecule has 0 saturated heterocycles. The Morgan fingerprint density at radius 1 is 1.24 bits per heavy atom. The summed E-state index contributed by atoms with van der Waals surface area (Å²) in [6, 6.07) is 5.80. The molecule has 6 nitrogen and oxygen atoms in total. The third-order valence-electron chi connectivity index (χ3n) is 3.36. The number of nitriles is 1. The van der Waals surface area contributed by atoms with Crippen LogP contribution in [0.2, 0.25) is 0 Å². The van der Waals surface area contributed by atoms with Gasteiger partial charge in [-0.3, -0.25) is 0 Å². The molecule has 0 saturated carbocycles. The van der Waals surface area contributed by atoms with E-state index < -0.39 is 0 Å². The quantitative estimate of drug-likeness (QED) is 0.796. The number of hydrogen-bond donors (Lipinski definition) is 1. The van der Waals surface area contributed by atoms with Crippen molar-refractivity contribution in [1.82, 2.24) is 19.5 Å². The molecule has 21 heavy (non-hydrogen) atoms. The molecule has 0 unspecified atom stereocenters. The molecular formula is C15H14N6. The van der Waals surface area contributed by atoms with Gasteiger partial charge in [0.05, 0.1) is 29.9 Å². The average Bonchev–Trinajstić information content (AvgIpc) is 2.89. The predicted octanol–water partition coefficient (Wildman–Crippen LogP) is 2.54. The van der Waals surface area contributed by atoms with Gasteiger partial charge in [0.25, 0.3) is 0 Å². The highest BCUT2D eigenvalue weighted by Gasteiger charge is 2.07. The third-order valence-corrected chi connectivity index (χ3v) is 3.36. The maximum absolute atomic E-state index is 8.91. The van der Waals surface area contributed by atoms with E-state index in [1.165, 1.54) is 0 Å². The Morgan fingerprint density at radius 2 is 2.10 bits per heavy atom. The minimum absolute atomic E-state index is 0.424. The molecule has 0 bridgehead atoms. The van der Waals surface area contributed by atoms with Crippen LogP contribution >= 0.6 is 0 Å². The molecular weight excluding hydrogens is 264 g/mol. The second-order valence-corrected chi connectivity index (χ2v) is 4.73. The molecule has 3 heterocycles. The van der Waals surface area contributed by atoms with E-state index in [1.807, 2.05) is 24.6 Å². The molecule has 0 radical (unpaired) electrons. The lowest BCUT2D eigenvalue weighted by Gasteiger charge is -2.10. The molecule has 3 aromatic rings. The lowest BCUT2D eigenvalue weighted by molar-refractivity contribution is 0.947. The van der Waals surface area contributed by atoms with E-state index in [0.717, 1.165) is 34.5 Å². The summed E-state index contributed by atoms with van der Waals surface area (Å²) in [6.45, 7) is 2.04. The fourth-order valence-electron chi connectivity index (χ4n) is 2.20. The van der Waals surface area contributed by atoms with Gasteiger partial charge < -0.3 is 9.88 Å². The first kappa shape index (κ1) is 13.1. The number of rotatable bonds is 3. The van der Waals surface area contributed by atoms with Gasteiger partial charge >= 0.3 is 0 Å². The highest BCUT2D eigenvalue weighted by Crippen LogP contribution is 2.22. The number of anilines is 2. The molecule has 0 aliphatic rings. The summed E-state index contributed by atoms with van der Waals surface area (Å²) in [6.07, 6.45) is 5.98. The van der Waals surface area contributed by atoms with E-state index in [2.05, 4.69) is 26.3 Å². The average molecular weight is 278 g/mol. The predicted molar refractivity (Wildman–Crippen MR) is 80.1 cm³/mol. The maximum atomic E-state index is 8.91. The molecule has 0 aliphatic heterocycles. The van der Waals surface area contributed by atoms with E-state index in [0.29, 0.717) is 5.69 Å². The van der Waals surface area contributed by atoms with Crippen LogP contribution in [-0.4, -0.2) is 19.5 Å². The molecule has 6 heteroatoms. The lowest BCUT2D eigenvalue weighted by atomic mass is 10.1. The number of hydrogen-bond acceptors (Lipinski definition) is 5. The zero-order valence-electron chi connectivity index (χ0n) is 11.8. The van der Waals surface area contributed by atoms with Gasteiger partial charge in [0.1, 0.15) is 23.1 Å². The zero-order valence-corrected chi connectivity index (χ0v) is 11.8. The number of aryl methyl sites for hydroxylation is 2. The highest BCUT2D eigenvalue weighted by atomic mass is 15.0. The first-order valence-corrected chi connectivity index (χ1v) is 6.64. The zero-order chi connectivity index (χ0) is 14.8. The highest BCUT2D eigenvalue weighted by molar-refractivity contribution is 5.78. The van der Waals surface area contributed by atoms with Crippen molar-refractivity contribution >= 4 is 22.5 Å². The van der Waals surface area contributed by atoms with Gasteiger partial charge in [0, 0.05) is 13.1 Å². The number of nitrogens with zero attached hydrogens (tertiary/aromatic N) is 5. The summed E-state index contributed by atoms with van der Waals surface area (Å²) >= 11 is 0. The third kappa shape index (κ3) is 2.41. The van der Waals surface area contributed by atoms with Crippen LogP contribution in [0.15, 0.2) is 30.9 Å². The van der Waals surface area contributed by atoms with Gasteiger partial charge in [0.15, 0.2) is 0 Å². The topological polar surface area (TPSA) is 79.4 Å². The van der Waals surface area contributed by atoms with Crippen molar-refractivity contribution in [2.24, 2.45) is 7.05 Å². The van der Waals surface area contributed by atoms with Gasteiger partial charge in [0.2, 0.25) is 0 Å². The summed E-state index contributed by atoms with van der Waals surface area (Å²) in [4.78, 5) is 12.7. The van der Waals surface area contributed by atoms with Crippen molar-refractivity contribution in [3.63, 3.8) is 0 Å². The first-order valence-electron chi connectivity index (χ1n) is 6.64. The SMILES string of the molecule is CCc1cc(C#N)ncc1Nc1cc2c(cn1)ncn2C. The second kappa shape index (κ2) is 5.21. The fraction of sp³-hybridized carbons (Fsp3) is 0.200. The number of pyridine rings is 2. The van der Waals surface area contributed by atoms with Crippen molar-refractivity contribution in [2.75, 3.05) is 5.32 Å². The van der Waals surface area contributed by atoms with E-state index in [9.17, 15) is 0 Å². The number of fused-ring (bicyclic) bond motifs is 1. The van der Waals surface area contributed by atoms with E-state index in [-0.39, 0.29) is 0 Å². The lowest BCUT2D eigenvalue weighted by Crippen LogP contribution is -2.00. The Bertz CT molecular complexity index is 843. The van der Waals surface area contributed by atoms with E-state index in [4.69, 9.17) is 5.26 Å². The Morgan fingerprint density at radius 3 is 2.86 bits per heavy atom.